The van der Waals surface area contributed by atoms with Gasteiger partial charge in [-0.1, -0.05) is 48.5 Å². The first-order valence-electron chi connectivity index (χ1n) is 8.23. The van der Waals surface area contributed by atoms with Gasteiger partial charge < -0.3 is 4.90 Å². The molecule has 24 heavy (non-hydrogen) atoms. The SMILES string of the molecule is Cn1nc(-c2ccccc2)cc1C(=O)N1CCCc2ccccc21. The molecule has 0 unspecified atom stereocenters. The number of hydrogen-bond donors (Lipinski definition) is 0. The number of hydrogen-bond acceptors (Lipinski definition) is 2. The largest absolute Gasteiger partial charge is 0.307 e. The minimum absolute atomic E-state index is 0.0133. The summed E-state index contributed by atoms with van der Waals surface area (Å²) < 4.78 is 1.68. The lowest BCUT2D eigenvalue weighted by Crippen LogP contribution is -2.36. The van der Waals surface area contributed by atoms with Crippen LogP contribution in [0.3, 0.4) is 0 Å². The summed E-state index contributed by atoms with van der Waals surface area (Å²) in [5, 5.41) is 4.52. The van der Waals surface area contributed by atoms with Crippen LogP contribution in [-0.2, 0) is 13.5 Å². The highest BCUT2D eigenvalue weighted by Crippen LogP contribution is 2.28. The molecule has 1 amide bonds. The maximum Gasteiger partial charge on any atom is 0.276 e. The maximum atomic E-state index is 13.1. The van der Waals surface area contributed by atoms with Crippen molar-refractivity contribution in [2.75, 3.05) is 11.4 Å². The summed E-state index contributed by atoms with van der Waals surface area (Å²) >= 11 is 0. The van der Waals surface area contributed by atoms with E-state index in [1.807, 2.05) is 66.5 Å². The summed E-state index contributed by atoms with van der Waals surface area (Å²) in [6.07, 6.45) is 2.02. The molecule has 0 saturated heterocycles. The zero-order valence-electron chi connectivity index (χ0n) is 13.6. The fraction of sp³-hybridized carbons (Fsp3) is 0.200. The molecule has 1 aromatic heterocycles. The number of fused-ring (bicyclic) bond motifs is 1. The minimum atomic E-state index is 0.0133. The zero-order chi connectivity index (χ0) is 16.5. The summed E-state index contributed by atoms with van der Waals surface area (Å²) in [6.45, 7) is 0.752. The first-order valence-corrected chi connectivity index (χ1v) is 8.23. The van der Waals surface area contributed by atoms with Gasteiger partial charge in [0.25, 0.3) is 5.91 Å². The summed E-state index contributed by atoms with van der Waals surface area (Å²) in [5.41, 5.74) is 4.72. The minimum Gasteiger partial charge on any atom is -0.307 e. The lowest BCUT2D eigenvalue weighted by atomic mass is 10.0. The van der Waals surface area contributed by atoms with Gasteiger partial charge in [-0.05, 0) is 30.5 Å². The van der Waals surface area contributed by atoms with Crippen molar-refractivity contribution in [3.63, 3.8) is 0 Å². The lowest BCUT2D eigenvalue weighted by Gasteiger charge is -2.29. The standard InChI is InChI=1S/C20H19N3O/c1-22-19(14-17(21-22)15-8-3-2-4-9-15)20(24)23-13-7-11-16-10-5-6-12-18(16)23/h2-6,8-10,12,14H,7,11,13H2,1H3. The Labute approximate surface area is 141 Å². The van der Waals surface area contributed by atoms with Crippen molar-refractivity contribution >= 4 is 11.6 Å². The number of nitrogens with zero attached hydrogens (tertiary/aromatic N) is 3. The van der Waals surface area contributed by atoms with Gasteiger partial charge in [0, 0.05) is 24.8 Å². The third-order valence-corrected chi connectivity index (χ3v) is 4.52. The first-order chi connectivity index (χ1) is 11.7. The Balaban J connectivity index is 1.70. The average Bonchev–Trinajstić information content (AvgIpc) is 3.03. The van der Waals surface area contributed by atoms with Crippen molar-refractivity contribution in [3.05, 3.63) is 71.9 Å². The molecule has 0 atom stereocenters. The number of benzene rings is 2. The van der Waals surface area contributed by atoms with Crippen LogP contribution in [0.15, 0.2) is 60.7 Å². The molecule has 2 aromatic carbocycles. The second-order valence-electron chi connectivity index (χ2n) is 6.09. The van der Waals surface area contributed by atoms with Crippen LogP contribution >= 0.6 is 0 Å². The van der Waals surface area contributed by atoms with Gasteiger partial charge in [0.1, 0.15) is 5.69 Å². The Morgan fingerprint density at radius 2 is 1.79 bits per heavy atom. The third-order valence-electron chi connectivity index (χ3n) is 4.52. The van der Waals surface area contributed by atoms with Gasteiger partial charge >= 0.3 is 0 Å². The second-order valence-corrected chi connectivity index (χ2v) is 6.09. The van der Waals surface area contributed by atoms with Crippen LogP contribution in [0.25, 0.3) is 11.3 Å². The van der Waals surface area contributed by atoms with Crippen molar-refractivity contribution < 1.29 is 4.79 Å². The quantitative estimate of drug-likeness (QED) is 0.723. The highest BCUT2D eigenvalue weighted by Gasteiger charge is 2.25. The molecule has 3 aromatic rings. The van der Waals surface area contributed by atoms with Gasteiger partial charge in [-0.3, -0.25) is 9.48 Å². The van der Waals surface area contributed by atoms with Crippen LogP contribution in [0.1, 0.15) is 22.5 Å². The van der Waals surface area contributed by atoms with Crippen LogP contribution < -0.4 is 4.90 Å². The number of aryl methyl sites for hydroxylation is 2. The Morgan fingerprint density at radius 3 is 2.62 bits per heavy atom. The molecule has 1 aliphatic heterocycles. The van der Waals surface area contributed by atoms with Crippen LogP contribution in [-0.4, -0.2) is 22.2 Å². The molecule has 0 bridgehead atoms. The van der Waals surface area contributed by atoms with E-state index < -0.39 is 0 Å². The molecule has 0 N–H and O–H groups in total. The second kappa shape index (κ2) is 5.96. The molecule has 2 heterocycles. The van der Waals surface area contributed by atoms with Crippen molar-refractivity contribution in [2.24, 2.45) is 7.05 Å². The fourth-order valence-electron chi connectivity index (χ4n) is 3.30. The molecule has 0 fully saturated rings. The van der Waals surface area contributed by atoms with E-state index in [2.05, 4.69) is 11.2 Å². The molecular weight excluding hydrogens is 298 g/mol. The highest BCUT2D eigenvalue weighted by molar-refractivity contribution is 6.06. The van der Waals surface area contributed by atoms with E-state index in [-0.39, 0.29) is 5.91 Å². The number of carbonyl (C=O) groups is 1. The van der Waals surface area contributed by atoms with Crippen molar-refractivity contribution in [3.8, 4) is 11.3 Å². The van der Waals surface area contributed by atoms with Gasteiger partial charge in [0.15, 0.2) is 0 Å². The molecule has 4 rings (SSSR count). The molecule has 0 saturated carbocycles. The predicted molar refractivity (Wildman–Crippen MR) is 95.1 cm³/mol. The van der Waals surface area contributed by atoms with Crippen molar-refractivity contribution in [2.45, 2.75) is 12.8 Å². The Hall–Kier alpha value is -2.88. The number of anilines is 1. The maximum absolute atomic E-state index is 13.1. The topological polar surface area (TPSA) is 38.1 Å². The molecule has 4 nitrogen and oxygen atoms in total. The number of amides is 1. The summed E-state index contributed by atoms with van der Waals surface area (Å²) in [4.78, 5) is 15.0. The predicted octanol–water partition coefficient (Wildman–Crippen LogP) is 3.68. The fourth-order valence-corrected chi connectivity index (χ4v) is 3.30. The van der Waals surface area contributed by atoms with E-state index in [1.165, 1.54) is 5.56 Å². The lowest BCUT2D eigenvalue weighted by molar-refractivity contribution is 0.0976. The molecule has 0 aliphatic carbocycles. The van der Waals surface area contributed by atoms with E-state index in [4.69, 9.17) is 0 Å². The number of para-hydroxylation sites is 1. The molecule has 4 heteroatoms. The normalized spacial score (nSPS) is 13.6. The zero-order valence-corrected chi connectivity index (χ0v) is 13.6. The van der Waals surface area contributed by atoms with Gasteiger partial charge in [-0.2, -0.15) is 5.10 Å². The van der Waals surface area contributed by atoms with E-state index in [1.54, 1.807) is 4.68 Å². The number of rotatable bonds is 2. The molecule has 120 valence electrons. The van der Waals surface area contributed by atoms with Gasteiger partial charge in [-0.15, -0.1) is 0 Å². The van der Waals surface area contributed by atoms with Crippen molar-refractivity contribution in [1.29, 1.82) is 0 Å². The Bertz CT molecular complexity index is 883. The Morgan fingerprint density at radius 1 is 1.04 bits per heavy atom. The first kappa shape index (κ1) is 14.7. The smallest absolute Gasteiger partial charge is 0.276 e. The van der Waals surface area contributed by atoms with Gasteiger partial charge in [0.2, 0.25) is 0 Å². The van der Waals surface area contributed by atoms with Crippen molar-refractivity contribution in [1.82, 2.24) is 9.78 Å². The van der Waals surface area contributed by atoms with Crippen LogP contribution in [0.2, 0.25) is 0 Å². The molecule has 0 spiro atoms. The van der Waals surface area contributed by atoms with E-state index in [0.717, 1.165) is 36.3 Å². The molecular formula is C20H19N3O. The molecule has 1 aliphatic rings. The third kappa shape index (κ3) is 2.50. The molecule has 0 radical (unpaired) electrons. The number of aromatic nitrogens is 2. The van der Waals surface area contributed by atoms with E-state index >= 15 is 0 Å². The monoisotopic (exact) mass is 317 g/mol. The summed E-state index contributed by atoms with van der Waals surface area (Å²) in [6, 6.07) is 20.0. The van der Waals surface area contributed by atoms with Crippen LogP contribution in [0, 0.1) is 0 Å². The highest BCUT2D eigenvalue weighted by atomic mass is 16.2. The van der Waals surface area contributed by atoms with Gasteiger partial charge in [-0.25, -0.2) is 0 Å². The summed E-state index contributed by atoms with van der Waals surface area (Å²) in [5.74, 6) is 0.0133. The van der Waals surface area contributed by atoms with E-state index in [0.29, 0.717) is 5.69 Å². The van der Waals surface area contributed by atoms with Crippen LogP contribution in [0.5, 0.6) is 0 Å². The average molecular weight is 317 g/mol. The summed E-state index contributed by atoms with van der Waals surface area (Å²) in [7, 11) is 1.83. The Kier molecular flexibility index (Phi) is 3.65. The number of carbonyl (C=O) groups excluding carboxylic acids is 1. The van der Waals surface area contributed by atoms with E-state index in [9.17, 15) is 4.79 Å². The van der Waals surface area contributed by atoms with Gasteiger partial charge in [0.05, 0.1) is 5.69 Å². The van der Waals surface area contributed by atoms with Crippen LogP contribution in [0.4, 0.5) is 5.69 Å².